The number of fused-ring (bicyclic) bond motifs is 1. The summed E-state index contributed by atoms with van der Waals surface area (Å²) in [6.45, 7) is 12.3. The molecule has 2 aliphatic rings. The maximum Gasteiger partial charge on any atom is 0.0627 e. The molecule has 2 rings (SSSR count). The molecule has 86 valence electrons. The van der Waals surface area contributed by atoms with Crippen LogP contribution in [0.25, 0.3) is 0 Å². The van der Waals surface area contributed by atoms with E-state index in [1.54, 1.807) is 0 Å². The summed E-state index contributed by atoms with van der Waals surface area (Å²) in [5.41, 5.74) is 3.91. The maximum atomic E-state index is 4.60. The topological polar surface area (TPSA) is 3.24 Å². The molecule has 3 unspecified atom stereocenters. The Hall–Kier alpha value is -0.890. The maximum absolute atomic E-state index is 4.60. The molecule has 0 spiro atoms. The van der Waals surface area contributed by atoms with E-state index < -0.39 is 0 Å². The molecule has 0 saturated carbocycles. The van der Waals surface area contributed by atoms with Crippen molar-refractivity contribution in [3.8, 4) is 0 Å². The number of rotatable bonds is 3. The summed E-state index contributed by atoms with van der Waals surface area (Å²) < 4.78 is 0. The summed E-state index contributed by atoms with van der Waals surface area (Å²) in [6, 6.07) is 0.513. The Morgan fingerprint density at radius 3 is 2.75 bits per heavy atom. The van der Waals surface area contributed by atoms with E-state index in [-0.39, 0.29) is 0 Å². The van der Waals surface area contributed by atoms with Crippen molar-refractivity contribution in [2.45, 2.75) is 31.6 Å². The second-order valence-corrected chi connectivity index (χ2v) is 5.11. The van der Waals surface area contributed by atoms with Gasteiger partial charge in [-0.1, -0.05) is 31.7 Å². The monoisotopic (exact) mass is 233 g/mol. The van der Waals surface area contributed by atoms with Gasteiger partial charge in [-0.3, -0.25) is 0 Å². The van der Waals surface area contributed by atoms with Crippen molar-refractivity contribution in [3.63, 3.8) is 0 Å². The van der Waals surface area contributed by atoms with Gasteiger partial charge in [0.25, 0.3) is 0 Å². The summed E-state index contributed by atoms with van der Waals surface area (Å²) >= 11 is 4.60. The third kappa shape index (κ3) is 1.47. The highest BCUT2D eigenvalue weighted by Crippen LogP contribution is 2.49. The number of nitrogens with zero attached hydrogens (tertiary/aromatic N) is 1. The zero-order valence-electron chi connectivity index (χ0n) is 9.98. The van der Waals surface area contributed by atoms with Crippen LogP contribution in [0.15, 0.2) is 48.4 Å². The van der Waals surface area contributed by atoms with E-state index in [2.05, 4.69) is 56.7 Å². The van der Waals surface area contributed by atoms with Crippen LogP contribution in [0.2, 0.25) is 0 Å². The van der Waals surface area contributed by atoms with Crippen molar-refractivity contribution in [3.05, 3.63) is 48.4 Å². The van der Waals surface area contributed by atoms with Gasteiger partial charge in [-0.2, -0.15) is 12.6 Å². The molecule has 3 atom stereocenters. The molecule has 2 heterocycles. The Bertz CT molecular complexity index is 392. The van der Waals surface area contributed by atoms with Crippen LogP contribution in [0.5, 0.6) is 0 Å². The highest BCUT2D eigenvalue weighted by molar-refractivity contribution is 7.81. The Labute approximate surface area is 104 Å². The van der Waals surface area contributed by atoms with E-state index >= 15 is 0 Å². The summed E-state index contributed by atoms with van der Waals surface area (Å²) in [7, 11) is 0. The van der Waals surface area contributed by atoms with Gasteiger partial charge in [-0.05, 0) is 18.9 Å². The van der Waals surface area contributed by atoms with Crippen LogP contribution in [0, 0.1) is 5.92 Å². The van der Waals surface area contributed by atoms with Gasteiger partial charge >= 0.3 is 0 Å². The average molecular weight is 233 g/mol. The van der Waals surface area contributed by atoms with Gasteiger partial charge in [0.2, 0.25) is 0 Å². The standard InChI is InChI=1S/C14H19NS/c1-5-6-7-8-12-9(2)13-14(16)11(4)15(13)10(12)3/h5,7-9,13-14,16H,1,4,6H2,2-3H3/b8-7+. The van der Waals surface area contributed by atoms with E-state index in [0.717, 1.165) is 12.1 Å². The lowest BCUT2D eigenvalue weighted by atomic mass is 9.88. The van der Waals surface area contributed by atoms with Crippen molar-refractivity contribution < 1.29 is 0 Å². The van der Waals surface area contributed by atoms with Crippen LogP contribution in [0.4, 0.5) is 0 Å². The quantitative estimate of drug-likeness (QED) is 0.576. The van der Waals surface area contributed by atoms with Crippen molar-refractivity contribution >= 4 is 12.6 Å². The number of thiol groups is 1. The molecule has 1 fully saturated rings. The number of hydrogen-bond acceptors (Lipinski definition) is 2. The minimum Gasteiger partial charge on any atom is -0.343 e. The number of allylic oxidation sites excluding steroid dienone is 4. The lowest BCUT2D eigenvalue weighted by Gasteiger charge is -2.47. The van der Waals surface area contributed by atoms with Crippen LogP contribution < -0.4 is 0 Å². The summed E-state index contributed by atoms with van der Waals surface area (Å²) in [5.74, 6) is 0.550. The van der Waals surface area contributed by atoms with E-state index in [1.165, 1.54) is 11.3 Å². The largest absolute Gasteiger partial charge is 0.343 e. The fourth-order valence-corrected chi connectivity index (χ4v) is 3.26. The fraction of sp³-hybridized carbons (Fsp3) is 0.429. The summed E-state index contributed by atoms with van der Waals surface area (Å²) in [6.07, 6.45) is 7.25. The molecule has 0 aliphatic carbocycles. The first-order valence-corrected chi connectivity index (χ1v) is 6.25. The molecular formula is C14H19NS. The second kappa shape index (κ2) is 4.17. The van der Waals surface area contributed by atoms with Crippen molar-refractivity contribution in [1.82, 2.24) is 4.90 Å². The fourth-order valence-electron chi connectivity index (χ4n) is 2.74. The smallest absolute Gasteiger partial charge is 0.0627 e. The van der Waals surface area contributed by atoms with Gasteiger partial charge in [-0.25, -0.2) is 0 Å². The zero-order valence-corrected chi connectivity index (χ0v) is 10.9. The van der Waals surface area contributed by atoms with Gasteiger partial charge in [0.1, 0.15) is 0 Å². The van der Waals surface area contributed by atoms with Crippen molar-refractivity contribution in [1.29, 1.82) is 0 Å². The molecule has 1 nitrogen and oxygen atoms in total. The van der Waals surface area contributed by atoms with E-state index in [0.29, 0.717) is 17.2 Å². The molecule has 1 saturated heterocycles. The van der Waals surface area contributed by atoms with Gasteiger partial charge in [0.15, 0.2) is 0 Å². The molecule has 0 aromatic heterocycles. The molecule has 16 heavy (non-hydrogen) atoms. The van der Waals surface area contributed by atoms with Gasteiger partial charge in [-0.15, -0.1) is 6.58 Å². The molecule has 0 radical (unpaired) electrons. The molecule has 0 aromatic carbocycles. The van der Waals surface area contributed by atoms with Gasteiger partial charge < -0.3 is 4.90 Å². The molecule has 2 heteroatoms. The molecule has 0 aromatic rings. The summed E-state index contributed by atoms with van der Waals surface area (Å²) in [4.78, 5) is 2.33. The zero-order chi connectivity index (χ0) is 11.9. The normalized spacial score (nSPS) is 33.3. The Morgan fingerprint density at radius 2 is 2.19 bits per heavy atom. The second-order valence-electron chi connectivity index (χ2n) is 4.55. The predicted molar refractivity (Wildman–Crippen MR) is 73.4 cm³/mol. The average Bonchev–Trinajstić information content (AvgIpc) is 2.49. The highest BCUT2D eigenvalue weighted by Gasteiger charge is 2.49. The van der Waals surface area contributed by atoms with E-state index in [9.17, 15) is 0 Å². The van der Waals surface area contributed by atoms with Crippen LogP contribution in [-0.2, 0) is 0 Å². The lowest BCUT2D eigenvalue weighted by Crippen LogP contribution is -2.53. The Balaban J connectivity index is 2.22. The van der Waals surface area contributed by atoms with E-state index in [1.807, 2.05) is 6.08 Å². The minimum absolute atomic E-state index is 0.329. The van der Waals surface area contributed by atoms with Gasteiger partial charge in [0.05, 0.1) is 11.3 Å². The molecule has 2 aliphatic heterocycles. The molecule has 0 amide bonds. The third-order valence-corrected chi connectivity index (χ3v) is 4.26. The van der Waals surface area contributed by atoms with Crippen LogP contribution in [-0.4, -0.2) is 16.2 Å². The molecular weight excluding hydrogens is 214 g/mol. The lowest BCUT2D eigenvalue weighted by molar-refractivity contribution is 0.210. The van der Waals surface area contributed by atoms with Crippen LogP contribution in [0.1, 0.15) is 20.3 Å². The Morgan fingerprint density at radius 1 is 1.50 bits per heavy atom. The molecule has 0 bridgehead atoms. The first-order valence-electron chi connectivity index (χ1n) is 5.74. The highest BCUT2D eigenvalue weighted by atomic mass is 32.1. The van der Waals surface area contributed by atoms with E-state index in [4.69, 9.17) is 0 Å². The predicted octanol–water partition coefficient (Wildman–Crippen LogP) is 3.54. The van der Waals surface area contributed by atoms with Crippen LogP contribution >= 0.6 is 12.6 Å². The van der Waals surface area contributed by atoms with Crippen molar-refractivity contribution in [2.24, 2.45) is 5.92 Å². The summed E-state index contributed by atoms with van der Waals surface area (Å²) in [5, 5.41) is 0.329. The molecule has 0 N–H and O–H groups in total. The SMILES string of the molecule is C=CC/C=C/C1=C(C)N2C(=C)C(S)C2C1C. The van der Waals surface area contributed by atoms with Crippen molar-refractivity contribution in [2.75, 3.05) is 0 Å². The Kier molecular flexibility index (Phi) is 3.02. The first-order chi connectivity index (χ1) is 7.59. The van der Waals surface area contributed by atoms with Crippen LogP contribution in [0.3, 0.4) is 0 Å². The minimum atomic E-state index is 0.329. The number of hydrogen-bond donors (Lipinski definition) is 1. The first kappa shape index (κ1) is 11.6. The van der Waals surface area contributed by atoms with Gasteiger partial charge in [0, 0.05) is 17.3 Å². The third-order valence-electron chi connectivity index (χ3n) is 3.65.